The zero-order chi connectivity index (χ0) is 28.5. The first-order chi connectivity index (χ1) is 20.0. The zero-order valence-corrected chi connectivity index (χ0v) is 24.2. The maximum atomic E-state index is 12.7. The minimum atomic E-state index is -0.369. The molecule has 210 valence electrons. The van der Waals surface area contributed by atoms with Crippen molar-refractivity contribution in [3.63, 3.8) is 0 Å². The maximum Gasteiger partial charge on any atom is 0.339 e. The molecule has 9 heteroatoms. The van der Waals surface area contributed by atoms with E-state index in [1.54, 1.807) is 6.07 Å². The number of thiocarbonyl (C=S) groups is 1. The van der Waals surface area contributed by atoms with Crippen molar-refractivity contribution in [1.82, 2.24) is 14.9 Å². The van der Waals surface area contributed by atoms with Crippen LogP contribution in [-0.2, 0) is 9.47 Å². The molecule has 4 aromatic rings. The number of esters is 1. The Morgan fingerprint density at radius 1 is 1.00 bits per heavy atom. The fourth-order valence-electron chi connectivity index (χ4n) is 6.00. The predicted octanol–water partition coefficient (Wildman–Crippen LogP) is 5.29. The molecule has 2 atom stereocenters. The van der Waals surface area contributed by atoms with Crippen LogP contribution in [0.2, 0.25) is 0 Å². The van der Waals surface area contributed by atoms with Crippen molar-refractivity contribution < 1.29 is 14.3 Å². The lowest BCUT2D eigenvalue weighted by atomic mass is 9.96. The third-order valence-electron chi connectivity index (χ3n) is 7.94. The van der Waals surface area contributed by atoms with Crippen LogP contribution in [0, 0.1) is 13.8 Å². The molecule has 2 aliphatic rings. The van der Waals surface area contributed by atoms with Gasteiger partial charge >= 0.3 is 5.97 Å². The highest BCUT2D eigenvalue weighted by atomic mass is 32.1. The fourth-order valence-corrected chi connectivity index (χ4v) is 6.35. The molecule has 41 heavy (non-hydrogen) atoms. The molecule has 2 fully saturated rings. The molecule has 2 aromatic heterocycles. The predicted molar refractivity (Wildman–Crippen MR) is 164 cm³/mol. The largest absolute Gasteiger partial charge is 0.465 e. The van der Waals surface area contributed by atoms with Crippen LogP contribution in [-0.4, -0.2) is 54.0 Å². The second kappa shape index (κ2) is 11.3. The number of aryl methyl sites for hydroxylation is 1. The number of benzene rings is 2. The first-order valence-electron chi connectivity index (χ1n) is 13.8. The van der Waals surface area contributed by atoms with E-state index in [0.717, 1.165) is 60.3 Å². The van der Waals surface area contributed by atoms with E-state index >= 15 is 0 Å². The van der Waals surface area contributed by atoms with Crippen LogP contribution in [0.15, 0.2) is 79.0 Å². The van der Waals surface area contributed by atoms with Crippen molar-refractivity contribution in [2.45, 2.75) is 25.9 Å². The Hall–Kier alpha value is -4.21. The summed E-state index contributed by atoms with van der Waals surface area (Å²) >= 11 is 5.97. The van der Waals surface area contributed by atoms with Crippen LogP contribution in [0.4, 0.5) is 11.4 Å². The van der Waals surface area contributed by atoms with Crippen molar-refractivity contribution in [2.24, 2.45) is 0 Å². The molecule has 4 heterocycles. The highest BCUT2D eigenvalue weighted by molar-refractivity contribution is 7.80. The van der Waals surface area contributed by atoms with Gasteiger partial charge in [0, 0.05) is 42.0 Å². The molecule has 0 aliphatic carbocycles. The lowest BCUT2D eigenvalue weighted by molar-refractivity contribution is 0.0600. The topological polar surface area (TPSA) is 71.9 Å². The summed E-state index contributed by atoms with van der Waals surface area (Å²) in [5.74, 6) is -0.369. The highest BCUT2D eigenvalue weighted by Crippen LogP contribution is 2.44. The third-order valence-corrected chi connectivity index (χ3v) is 8.26. The van der Waals surface area contributed by atoms with Crippen molar-refractivity contribution in [3.8, 4) is 5.69 Å². The van der Waals surface area contributed by atoms with Gasteiger partial charge in [0.15, 0.2) is 5.11 Å². The Morgan fingerprint density at radius 2 is 1.71 bits per heavy atom. The van der Waals surface area contributed by atoms with E-state index in [0.29, 0.717) is 10.7 Å². The number of rotatable bonds is 6. The lowest BCUT2D eigenvalue weighted by Crippen LogP contribution is -2.36. The van der Waals surface area contributed by atoms with Crippen LogP contribution >= 0.6 is 12.2 Å². The van der Waals surface area contributed by atoms with Gasteiger partial charge in [-0.25, -0.2) is 4.79 Å². The van der Waals surface area contributed by atoms with E-state index in [-0.39, 0.29) is 18.1 Å². The number of carbonyl (C=O) groups is 1. The normalized spacial score (nSPS) is 18.9. The average molecular weight is 568 g/mol. The molecule has 1 N–H and O–H groups in total. The smallest absolute Gasteiger partial charge is 0.339 e. The molecule has 2 aliphatic heterocycles. The number of ether oxygens (including phenoxy) is 2. The molecule has 0 unspecified atom stereocenters. The minimum absolute atomic E-state index is 0.170. The number of hydrogen-bond acceptors (Lipinski definition) is 6. The molecule has 8 nitrogen and oxygen atoms in total. The molecule has 0 spiro atoms. The number of nitrogens with zero attached hydrogens (tertiary/aromatic N) is 4. The van der Waals surface area contributed by atoms with Crippen molar-refractivity contribution >= 4 is 34.7 Å². The second-order valence-corrected chi connectivity index (χ2v) is 10.7. The number of pyridine rings is 1. The van der Waals surface area contributed by atoms with Crippen LogP contribution in [0.5, 0.6) is 0 Å². The monoisotopic (exact) mass is 567 g/mol. The molecule has 0 bridgehead atoms. The summed E-state index contributed by atoms with van der Waals surface area (Å²) in [5, 5.41) is 4.21. The summed E-state index contributed by atoms with van der Waals surface area (Å²) < 4.78 is 12.7. The number of morpholine rings is 1. The first kappa shape index (κ1) is 27.0. The molecule has 2 aromatic carbocycles. The average Bonchev–Trinajstić information content (AvgIpc) is 3.52. The van der Waals surface area contributed by atoms with E-state index in [1.165, 1.54) is 12.8 Å². The van der Waals surface area contributed by atoms with Crippen LogP contribution in [0.1, 0.15) is 45.1 Å². The Balaban J connectivity index is 1.45. The Labute approximate surface area is 245 Å². The van der Waals surface area contributed by atoms with E-state index in [2.05, 4.69) is 63.9 Å². The summed E-state index contributed by atoms with van der Waals surface area (Å²) in [4.78, 5) is 21.9. The number of para-hydroxylation sites is 1. The van der Waals surface area contributed by atoms with Gasteiger partial charge in [-0.15, -0.1) is 0 Å². The van der Waals surface area contributed by atoms with Crippen molar-refractivity contribution in [3.05, 3.63) is 107 Å². The van der Waals surface area contributed by atoms with Gasteiger partial charge in [0.25, 0.3) is 0 Å². The summed E-state index contributed by atoms with van der Waals surface area (Å²) in [5.41, 5.74) is 7.51. The summed E-state index contributed by atoms with van der Waals surface area (Å²) in [6, 6.07) is 23.9. The van der Waals surface area contributed by atoms with Gasteiger partial charge in [0.1, 0.15) is 0 Å². The molecule has 0 saturated carbocycles. The third kappa shape index (κ3) is 4.96. The molecular formula is C32H33N5O3S. The fraction of sp³-hybridized carbons (Fsp3) is 0.281. The van der Waals surface area contributed by atoms with Gasteiger partial charge in [-0.05, 0) is 86.2 Å². The van der Waals surface area contributed by atoms with Crippen molar-refractivity contribution in [1.29, 1.82) is 0 Å². The van der Waals surface area contributed by atoms with Crippen LogP contribution < -0.4 is 15.1 Å². The standard InChI is InChI=1S/C32H33N5O3S/c1-21-20-26(22(2)36(21)28-10-5-4-8-25(28)31(38)39-3)30-29(27-9-6-7-15-33-27)34-32(41)37(30)24-13-11-23(12-14-24)35-16-18-40-19-17-35/h4-15,20,29-30H,16-19H2,1-3H3,(H,34,41)/t29-,30-/m0/s1. The summed E-state index contributed by atoms with van der Waals surface area (Å²) in [7, 11) is 1.41. The second-order valence-electron chi connectivity index (χ2n) is 10.3. The number of carbonyl (C=O) groups excluding carboxylic acids is 1. The SMILES string of the molecule is COC(=O)c1ccccc1-n1c(C)cc([C@H]2[C@H](c3ccccn3)NC(=S)N2c2ccc(N3CCOCC3)cc2)c1C. The summed E-state index contributed by atoms with van der Waals surface area (Å²) in [6.07, 6.45) is 1.81. The molecule has 0 radical (unpaired) electrons. The number of aromatic nitrogens is 2. The number of nitrogens with one attached hydrogen (secondary N) is 1. The molecule has 6 rings (SSSR count). The quantitative estimate of drug-likeness (QED) is 0.249. The van der Waals surface area contributed by atoms with Gasteiger partial charge in [0.2, 0.25) is 0 Å². The van der Waals surface area contributed by atoms with E-state index in [4.69, 9.17) is 26.7 Å². The Bertz CT molecular complexity index is 1560. The number of anilines is 2. The van der Waals surface area contributed by atoms with Crippen molar-refractivity contribution in [2.75, 3.05) is 43.2 Å². The van der Waals surface area contributed by atoms with E-state index in [1.807, 2.05) is 42.6 Å². The van der Waals surface area contributed by atoms with Gasteiger partial charge < -0.3 is 29.2 Å². The molecule has 2 saturated heterocycles. The van der Waals surface area contributed by atoms with Gasteiger partial charge in [-0.2, -0.15) is 0 Å². The molecular weight excluding hydrogens is 534 g/mol. The van der Waals surface area contributed by atoms with Crippen LogP contribution in [0.3, 0.4) is 0 Å². The van der Waals surface area contributed by atoms with Crippen LogP contribution in [0.25, 0.3) is 5.69 Å². The highest BCUT2D eigenvalue weighted by Gasteiger charge is 2.42. The first-order valence-corrected chi connectivity index (χ1v) is 14.2. The Kier molecular flexibility index (Phi) is 7.47. The minimum Gasteiger partial charge on any atom is -0.465 e. The number of methoxy groups -OCH3 is 1. The number of hydrogen-bond donors (Lipinski definition) is 1. The van der Waals surface area contributed by atoms with E-state index in [9.17, 15) is 4.79 Å². The Morgan fingerprint density at radius 3 is 2.41 bits per heavy atom. The lowest BCUT2D eigenvalue weighted by Gasteiger charge is -2.31. The zero-order valence-electron chi connectivity index (χ0n) is 23.4. The van der Waals surface area contributed by atoms with Gasteiger partial charge in [-0.3, -0.25) is 4.98 Å². The van der Waals surface area contributed by atoms with Gasteiger partial charge in [0.05, 0.1) is 49.4 Å². The summed E-state index contributed by atoms with van der Waals surface area (Å²) in [6.45, 7) is 7.39. The maximum absolute atomic E-state index is 12.7. The van der Waals surface area contributed by atoms with Gasteiger partial charge in [-0.1, -0.05) is 18.2 Å². The molecule has 0 amide bonds. The van der Waals surface area contributed by atoms with E-state index < -0.39 is 0 Å².